The first-order valence-electron chi connectivity index (χ1n) is 5.12. The van der Waals surface area contributed by atoms with Gasteiger partial charge in [0.25, 0.3) is 0 Å². The molecule has 0 saturated carbocycles. The van der Waals surface area contributed by atoms with Crippen molar-refractivity contribution in [3.05, 3.63) is 34.1 Å². The predicted octanol–water partition coefficient (Wildman–Crippen LogP) is 3.33. The van der Waals surface area contributed by atoms with E-state index in [1.165, 1.54) is 6.07 Å². The Kier molecular flexibility index (Phi) is 3.24. The van der Waals surface area contributed by atoms with Crippen LogP contribution in [0, 0.1) is 0 Å². The number of hydrogen-bond acceptors (Lipinski definition) is 3. The zero-order valence-electron chi connectivity index (χ0n) is 9.43. The van der Waals surface area contributed by atoms with Crippen molar-refractivity contribution in [2.75, 3.05) is 0 Å². The average molecular weight is 314 g/mol. The second-order valence-electron chi connectivity index (χ2n) is 4.07. The molecule has 0 bridgehead atoms. The van der Waals surface area contributed by atoms with Gasteiger partial charge < -0.3 is 5.11 Å². The average Bonchev–Trinajstić information content (AvgIpc) is 2.63. The summed E-state index contributed by atoms with van der Waals surface area (Å²) in [5, 5.41) is 9.57. The molecule has 1 aromatic heterocycles. The molecule has 108 valence electrons. The number of halogens is 6. The third-order valence-electron chi connectivity index (χ3n) is 2.78. The number of hydrogen-bond donors (Lipinski definition) is 1. The van der Waals surface area contributed by atoms with Gasteiger partial charge in [-0.3, -0.25) is 4.79 Å². The number of ketones is 1. The molecule has 0 saturated heterocycles. The first-order chi connectivity index (χ1) is 9.05. The first-order valence-corrected chi connectivity index (χ1v) is 5.49. The third-order valence-corrected chi connectivity index (χ3v) is 2.99. The van der Waals surface area contributed by atoms with Gasteiger partial charge in [0.2, 0.25) is 5.78 Å². The maximum absolute atomic E-state index is 13.0. The highest BCUT2D eigenvalue weighted by Gasteiger charge is 2.64. The summed E-state index contributed by atoms with van der Waals surface area (Å²) in [4.78, 5) is 14.9. The Labute approximate surface area is 113 Å². The maximum Gasteiger partial charge on any atom is 0.461 e. The van der Waals surface area contributed by atoms with E-state index in [-0.39, 0.29) is 16.3 Å². The molecule has 1 aromatic rings. The van der Waals surface area contributed by atoms with Crippen molar-refractivity contribution >= 4 is 23.1 Å². The molecule has 0 fully saturated rings. The highest BCUT2D eigenvalue weighted by Crippen LogP contribution is 2.41. The molecular formula is C11H5ClF5NO2. The van der Waals surface area contributed by atoms with E-state index in [9.17, 15) is 31.9 Å². The van der Waals surface area contributed by atoms with Crippen LogP contribution in [-0.4, -0.2) is 28.0 Å². The van der Waals surface area contributed by atoms with E-state index < -0.39 is 35.6 Å². The predicted molar refractivity (Wildman–Crippen MR) is 58.5 cm³/mol. The number of fused-ring (bicyclic) bond motifs is 1. The van der Waals surface area contributed by atoms with E-state index in [1.807, 2.05) is 0 Å². The standard InChI is InChI=1S/C11H5ClF5NO2/c12-7-2-4-1-5(8(19)6(4)3-18-7)9(20)10(13,14)11(15,16)17/h2-3,19H,1H2. The topological polar surface area (TPSA) is 50.2 Å². The summed E-state index contributed by atoms with van der Waals surface area (Å²) in [5.41, 5.74) is -0.939. The molecule has 3 nitrogen and oxygen atoms in total. The number of aliphatic hydroxyl groups is 1. The minimum atomic E-state index is -6.03. The number of pyridine rings is 1. The SMILES string of the molecule is O=C(C1=C(O)c2cnc(Cl)cc2C1)C(F)(F)C(F)(F)F. The summed E-state index contributed by atoms with van der Waals surface area (Å²) in [6.45, 7) is 0. The molecule has 0 atom stereocenters. The smallest absolute Gasteiger partial charge is 0.461 e. The molecular weight excluding hydrogens is 309 g/mol. The van der Waals surface area contributed by atoms with Gasteiger partial charge in [-0.25, -0.2) is 4.98 Å². The van der Waals surface area contributed by atoms with Crippen molar-refractivity contribution in [3.8, 4) is 0 Å². The largest absolute Gasteiger partial charge is 0.507 e. The summed E-state index contributed by atoms with van der Waals surface area (Å²) in [5.74, 6) is -8.97. The van der Waals surface area contributed by atoms with Crippen molar-refractivity contribution in [2.45, 2.75) is 18.5 Å². The van der Waals surface area contributed by atoms with Crippen LogP contribution >= 0.6 is 11.6 Å². The first kappa shape index (κ1) is 14.7. The quantitative estimate of drug-likeness (QED) is 0.673. The van der Waals surface area contributed by atoms with Crippen molar-refractivity contribution in [3.63, 3.8) is 0 Å². The van der Waals surface area contributed by atoms with E-state index in [0.29, 0.717) is 0 Å². The van der Waals surface area contributed by atoms with Gasteiger partial charge in [-0.15, -0.1) is 0 Å². The molecule has 1 heterocycles. The monoisotopic (exact) mass is 313 g/mol. The molecule has 1 aliphatic carbocycles. The number of aliphatic hydroxyl groups excluding tert-OH is 1. The zero-order chi connectivity index (χ0) is 15.3. The van der Waals surface area contributed by atoms with Gasteiger partial charge in [-0.2, -0.15) is 22.0 Å². The number of allylic oxidation sites excluding steroid dienone is 1. The lowest BCUT2D eigenvalue weighted by Gasteiger charge is -2.18. The summed E-state index contributed by atoms with van der Waals surface area (Å²) in [6, 6.07) is 1.18. The molecule has 0 radical (unpaired) electrons. The molecule has 1 aliphatic rings. The Morgan fingerprint density at radius 3 is 2.45 bits per heavy atom. The van der Waals surface area contributed by atoms with Crippen LogP contribution in [0.2, 0.25) is 5.15 Å². The minimum absolute atomic E-state index is 0.0344. The van der Waals surface area contributed by atoms with E-state index >= 15 is 0 Å². The molecule has 0 aromatic carbocycles. The van der Waals surface area contributed by atoms with Crippen molar-refractivity contribution in [1.29, 1.82) is 0 Å². The number of aromatic nitrogens is 1. The molecule has 20 heavy (non-hydrogen) atoms. The van der Waals surface area contributed by atoms with Gasteiger partial charge in [-0.1, -0.05) is 11.6 Å². The number of carbonyl (C=O) groups is 1. The molecule has 1 N–H and O–H groups in total. The second-order valence-corrected chi connectivity index (χ2v) is 4.46. The van der Waals surface area contributed by atoms with Gasteiger partial charge in [-0.05, 0) is 11.6 Å². The van der Waals surface area contributed by atoms with Crippen LogP contribution in [0.15, 0.2) is 17.8 Å². The maximum atomic E-state index is 13.0. The van der Waals surface area contributed by atoms with Gasteiger partial charge >= 0.3 is 12.1 Å². The van der Waals surface area contributed by atoms with Crippen LogP contribution in [0.4, 0.5) is 22.0 Å². The number of alkyl halides is 5. The van der Waals surface area contributed by atoms with Gasteiger partial charge in [0.05, 0.1) is 0 Å². The van der Waals surface area contributed by atoms with Crippen LogP contribution in [0.3, 0.4) is 0 Å². The van der Waals surface area contributed by atoms with E-state index in [0.717, 1.165) is 6.20 Å². The Bertz CT molecular complexity index is 624. The Hall–Kier alpha value is -1.70. The highest BCUT2D eigenvalue weighted by molar-refractivity contribution is 6.29. The van der Waals surface area contributed by atoms with Crippen molar-refractivity contribution in [2.24, 2.45) is 0 Å². The Morgan fingerprint density at radius 2 is 1.90 bits per heavy atom. The van der Waals surface area contributed by atoms with Crippen LogP contribution < -0.4 is 0 Å². The molecule has 9 heteroatoms. The molecule has 0 aliphatic heterocycles. The van der Waals surface area contributed by atoms with Crippen LogP contribution in [-0.2, 0) is 11.2 Å². The third kappa shape index (κ3) is 2.13. The molecule has 0 amide bonds. The van der Waals surface area contributed by atoms with Gasteiger partial charge in [0.15, 0.2) is 0 Å². The minimum Gasteiger partial charge on any atom is -0.507 e. The number of Topliss-reactive ketones (excluding diaryl/α,β-unsaturated/α-hetero) is 1. The van der Waals surface area contributed by atoms with Gasteiger partial charge in [0.1, 0.15) is 10.9 Å². The summed E-state index contributed by atoms with van der Waals surface area (Å²) >= 11 is 5.54. The lowest BCUT2D eigenvalue weighted by atomic mass is 10.0. The fourth-order valence-electron chi connectivity index (χ4n) is 1.77. The fraction of sp³-hybridized carbons (Fsp3) is 0.273. The Balaban J connectivity index is 2.42. The van der Waals surface area contributed by atoms with Crippen molar-refractivity contribution in [1.82, 2.24) is 4.98 Å². The number of rotatable bonds is 2. The normalized spacial score (nSPS) is 15.5. The highest BCUT2D eigenvalue weighted by atomic mass is 35.5. The van der Waals surface area contributed by atoms with E-state index in [2.05, 4.69) is 4.98 Å². The van der Waals surface area contributed by atoms with Crippen LogP contribution in [0.5, 0.6) is 0 Å². The lowest BCUT2D eigenvalue weighted by Crippen LogP contribution is -2.45. The second kappa shape index (κ2) is 4.41. The number of nitrogens with zero attached hydrogens (tertiary/aromatic N) is 1. The summed E-state index contributed by atoms with van der Waals surface area (Å²) in [6.07, 6.45) is -5.59. The molecule has 2 rings (SSSR count). The fourth-order valence-corrected chi connectivity index (χ4v) is 1.95. The van der Waals surface area contributed by atoms with Crippen LogP contribution in [0.1, 0.15) is 11.1 Å². The summed E-state index contributed by atoms with van der Waals surface area (Å²) in [7, 11) is 0. The van der Waals surface area contributed by atoms with E-state index in [1.54, 1.807) is 0 Å². The van der Waals surface area contributed by atoms with Crippen LogP contribution in [0.25, 0.3) is 5.76 Å². The summed E-state index contributed by atoms with van der Waals surface area (Å²) < 4.78 is 62.4. The molecule has 0 unspecified atom stereocenters. The van der Waals surface area contributed by atoms with Gasteiger partial charge in [0, 0.05) is 23.8 Å². The van der Waals surface area contributed by atoms with E-state index in [4.69, 9.17) is 11.6 Å². The Morgan fingerprint density at radius 1 is 1.30 bits per heavy atom. The zero-order valence-corrected chi connectivity index (χ0v) is 10.2. The lowest BCUT2D eigenvalue weighted by molar-refractivity contribution is -0.266. The number of carbonyl (C=O) groups excluding carboxylic acids is 1. The molecule has 0 spiro atoms. The van der Waals surface area contributed by atoms with Crippen molar-refractivity contribution < 1.29 is 31.9 Å².